The molecule has 4 unspecified atom stereocenters. The first-order valence-electron chi connectivity index (χ1n) is 19.9. The molecule has 0 aliphatic carbocycles. The van der Waals surface area contributed by atoms with E-state index >= 15 is 0 Å². The third-order valence-electron chi connectivity index (χ3n) is 7.15. The fourth-order valence-electron chi connectivity index (χ4n) is 4.16. The van der Waals surface area contributed by atoms with Crippen LogP contribution in [-0.2, 0) is 46.4 Å². The highest BCUT2D eigenvalue weighted by atomic mass is 16.4. The van der Waals surface area contributed by atoms with E-state index in [2.05, 4.69) is 63.1 Å². The zero-order chi connectivity index (χ0) is 45.5. The van der Waals surface area contributed by atoms with Crippen molar-refractivity contribution >= 4 is 41.4 Å². The van der Waals surface area contributed by atoms with Crippen molar-refractivity contribution < 1.29 is 38.7 Å². The quantitative estimate of drug-likeness (QED) is 0.127. The SMILES string of the molecule is CC(=O)NC(C)Cc1ccccc1.CC(=O)NCC(C)C(=O)O.CC(=O)NCC(C)Cc1ccccc1.CCC(C)NC(C)=O.CCCNC(C)=O.CCNC(C)=O. The number of carbonyl (C=O) groups is 7. The number of hydrogen-bond acceptors (Lipinski definition) is 7. The molecular weight excluding hydrogens is 741 g/mol. The van der Waals surface area contributed by atoms with Gasteiger partial charge in [0.25, 0.3) is 0 Å². The second-order valence-electron chi connectivity index (χ2n) is 13.8. The number of nitrogens with one attached hydrogen (secondary N) is 6. The van der Waals surface area contributed by atoms with Crippen LogP contribution < -0.4 is 31.9 Å². The van der Waals surface area contributed by atoms with Gasteiger partial charge >= 0.3 is 5.97 Å². The summed E-state index contributed by atoms with van der Waals surface area (Å²) in [5.74, 6) is -0.890. The van der Waals surface area contributed by atoms with Crippen molar-refractivity contribution in [3.63, 3.8) is 0 Å². The Morgan fingerprint density at radius 3 is 1.21 bits per heavy atom. The van der Waals surface area contributed by atoms with Crippen LogP contribution in [0.3, 0.4) is 0 Å². The highest BCUT2D eigenvalue weighted by Gasteiger charge is 2.10. The predicted molar refractivity (Wildman–Crippen MR) is 234 cm³/mol. The maximum atomic E-state index is 10.7. The topological polar surface area (TPSA) is 212 Å². The second-order valence-corrected chi connectivity index (χ2v) is 13.8. The lowest BCUT2D eigenvalue weighted by Gasteiger charge is -2.11. The lowest BCUT2D eigenvalue weighted by atomic mass is 10.0. The van der Waals surface area contributed by atoms with Crippen LogP contribution in [0.4, 0.5) is 0 Å². The molecular formula is C44H76N6O8. The van der Waals surface area contributed by atoms with Crippen molar-refractivity contribution in [1.82, 2.24) is 31.9 Å². The molecule has 0 fully saturated rings. The van der Waals surface area contributed by atoms with E-state index in [1.54, 1.807) is 13.8 Å². The van der Waals surface area contributed by atoms with Gasteiger partial charge in [0.05, 0.1) is 5.92 Å². The van der Waals surface area contributed by atoms with Crippen molar-refractivity contribution in [2.75, 3.05) is 26.2 Å². The van der Waals surface area contributed by atoms with Gasteiger partial charge in [-0.05, 0) is 63.5 Å². The molecule has 14 nitrogen and oxygen atoms in total. The molecule has 0 saturated heterocycles. The predicted octanol–water partition coefficient (Wildman–Crippen LogP) is 5.19. The van der Waals surface area contributed by atoms with Gasteiger partial charge in [-0.25, -0.2) is 0 Å². The van der Waals surface area contributed by atoms with E-state index in [1.807, 2.05) is 71.0 Å². The number of hydrogen-bond donors (Lipinski definition) is 7. The molecule has 7 N–H and O–H groups in total. The maximum Gasteiger partial charge on any atom is 0.308 e. The Balaban J connectivity index is -0.000000310. The van der Waals surface area contributed by atoms with E-state index in [0.717, 1.165) is 45.3 Å². The van der Waals surface area contributed by atoms with Gasteiger partial charge in [0.15, 0.2) is 0 Å². The normalized spacial score (nSPS) is 11.3. The van der Waals surface area contributed by atoms with Gasteiger partial charge in [0.1, 0.15) is 0 Å². The Morgan fingerprint density at radius 1 is 0.517 bits per heavy atom. The summed E-state index contributed by atoms with van der Waals surface area (Å²) in [4.78, 5) is 72.2. The minimum absolute atomic E-state index is 0.0310. The Kier molecular flexibility index (Phi) is 40.9. The van der Waals surface area contributed by atoms with Crippen LogP contribution >= 0.6 is 0 Å². The van der Waals surface area contributed by atoms with Gasteiger partial charge in [0, 0.05) is 79.8 Å². The van der Waals surface area contributed by atoms with Crippen LogP contribution in [0.5, 0.6) is 0 Å². The number of carboxylic acid groups (broad SMARTS) is 1. The smallest absolute Gasteiger partial charge is 0.308 e. The van der Waals surface area contributed by atoms with E-state index < -0.39 is 11.9 Å². The summed E-state index contributed by atoms with van der Waals surface area (Å²) in [6.07, 6.45) is 3.92. The third-order valence-corrected chi connectivity index (χ3v) is 7.15. The first-order valence-corrected chi connectivity index (χ1v) is 19.9. The molecule has 330 valence electrons. The van der Waals surface area contributed by atoms with Gasteiger partial charge in [-0.1, -0.05) is 88.4 Å². The van der Waals surface area contributed by atoms with Crippen LogP contribution in [0.2, 0.25) is 0 Å². The molecule has 0 heterocycles. The minimum Gasteiger partial charge on any atom is -0.481 e. The van der Waals surface area contributed by atoms with Gasteiger partial charge in [-0.15, -0.1) is 0 Å². The summed E-state index contributed by atoms with van der Waals surface area (Å²) in [6.45, 7) is 25.1. The van der Waals surface area contributed by atoms with Crippen molar-refractivity contribution in [3.05, 3.63) is 71.8 Å². The Morgan fingerprint density at radius 2 is 0.914 bits per heavy atom. The van der Waals surface area contributed by atoms with E-state index in [-0.39, 0.29) is 48.0 Å². The Labute approximate surface area is 348 Å². The highest BCUT2D eigenvalue weighted by molar-refractivity contribution is 5.75. The zero-order valence-electron chi connectivity index (χ0n) is 37.5. The Bertz CT molecular complexity index is 1390. The summed E-state index contributed by atoms with van der Waals surface area (Å²) in [5, 5.41) is 24.4. The van der Waals surface area contributed by atoms with Crippen LogP contribution in [0.15, 0.2) is 60.7 Å². The molecule has 0 aromatic heterocycles. The first kappa shape index (κ1) is 59.4. The fraction of sp³-hybridized carbons (Fsp3) is 0.568. The van der Waals surface area contributed by atoms with E-state index in [1.165, 1.54) is 45.7 Å². The molecule has 2 rings (SSSR count). The molecule has 6 amide bonds. The van der Waals surface area contributed by atoms with Crippen molar-refractivity contribution in [3.8, 4) is 0 Å². The van der Waals surface area contributed by atoms with Crippen molar-refractivity contribution in [2.24, 2.45) is 11.8 Å². The lowest BCUT2D eigenvalue weighted by molar-refractivity contribution is -0.141. The summed E-state index contributed by atoms with van der Waals surface area (Å²) in [5.41, 5.74) is 2.58. The fourth-order valence-corrected chi connectivity index (χ4v) is 4.16. The van der Waals surface area contributed by atoms with Gasteiger partial charge in [-0.3, -0.25) is 33.6 Å². The monoisotopic (exact) mass is 817 g/mol. The lowest BCUT2D eigenvalue weighted by Crippen LogP contribution is -2.31. The van der Waals surface area contributed by atoms with E-state index in [0.29, 0.717) is 12.0 Å². The standard InChI is InChI=1S/C12H17NO.C11H15NO.C6H11NO3.C6H13NO.C5H11NO.C4H9NO/c1-10(9-13-11(2)14)8-12-6-4-3-5-7-12;1-9(12-10(2)13)8-11-6-4-3-5-7-11;1-4(6(9)10)3-7-5(2)8;1-4-5(2)7-6(3)8;1-3-4-6-5(2)7;1-3-5-4(2)6/h3-7,10H,8-9H2,1-2H3,(H,13,14);3-7,9H,8H2,1-2H3,(H,12,13);4H,3H2,1-2H3,(H,7,8)(H,9,10);5H,4H2,1-3H3,(H,7,8);3-4H2,1-2H3,(H,6,7);3H2,1-2H3,(H,5,6). The van der Waals surface area contributed by atoms with Crippen LogP contribution in [-0.4, -0.2) is 84.8 Å². The average Bonchev–Trinajstić information content (AvgIpc) is 3.13. The number of rotatable bonds is 15. The van der Waals surface area contributed by atoms with Crippen molar-refractivity contribution in [2.45, 2.75) is 128 Å². The number of aliphatic carboxylic acids is 1. The number of benzene rings is 2. The van der Waals surface area contributed by atoms with E-state index in [4.69, 9.17) is 5.11 Å². The number of amides is 6. The molecule has 58 heavy (non-hydrogen) atoms. The molecule has 4 atom stereocenters. The molecule has 0 bridgehead atoms. The van der Waals surface area contributed by atoms with Crippen LogP contribution in [0.25, 0.3) is 0 Å². The van der Waals surface area contributed by atoms with Gasteiger partial charge < -0.3 is 37.0 Å². The molecule has 0 radical (unpaired) electrons. The minimum atomic E-state index is -0.895. The summed E-state index contributed by atoms with van der Waals surface area (Å²) < 4.78 is 0. The number of carbonyl (C=O) groups excluding carboxylic acids is 6. The maximum absolute atomic E-state index is 10.7. The number of carboxylic acids is 1. The summed E-state index contributed by atoms with van der Waals surface area (Å²) >= 11 is 0. The van der Waals surface area contributed by atoms with Crippen molar-refractivity contribution in [1.29, 1.82) is 0 Å². The summed E-state index contributed by atoms with van der Waals surface area (Å²) in [7, 11) is 0. The molecule has 14 heteroatoms. The largest absolute Gasteiger partial charge is 0.481 e. The molecule has 2 aromatic rings. The highest BCUT2D eigenvalue weighted by Crippen LogP contribution is 2.07. The molecule has 0 aliphatic rings. The molecule has 0 spiro atoms. The molecule has 0 aliphatic heterocycles. The van der Waals surface area contributed by atoms with Gasteiger partial charge in [-0.2, -0.15) is 0 Å². The first-order chi connectivity index (χ1) is 27.1. The summed E-state index contributed by atoms with van der Waals surface area (Å²) in [6, 6.07) is 21.0. The molecule has 0 saturated carbocycles. The average molecular weight is 817 g/mol. The van der Waals surface area contributed by atoms with Crippen LogP contribution in [0, 0.1) is 11.8 Å². The van der Waals surface area contributed by atoms with E-state index in [9.17, 15) is 33.6 Å². The zero-order valence-corrected chi connectivity index (χ0v) is 37.5. The Hall–Kier alpha value is -5.27. The molecule has 2 aromatic carbocycles. The third kappa shape index (κ3) is 50.7. The second kappa shape index (κ2) is 39.9. The van der Waals surface area contributed by atoms with Gasteiger partial charge in [0.2, 0.25) is 35.4 Å². The van der Waals surface area contributed by atoms with Crippen LogP contribution in [0.1, 0.15) is 114 Å².